The third kappa shape index (κ3) is 3.43. The van der Waals surface area contributed by atoms with Gasteiger partial charge < -0.3 is 9.52 Å². The number of furan rings is 1. The summed E-state index contributed by atoms with van der Waals surface area (Å²) in [6, 6.07) is 1.74. The summed E-state index contributed by atoms with van der Waals surface area (Å²) >= 11 is 0. The van der Waals surface area contributed by atoms with Crippen molar-refractivity contribution in [2.45, 2.75) is 33.7 Å². The van der Waals surface area contributed by atoms with Gasteiger partial charge in [0.2, 0.25) is 0 Å². The lowest BCUT2D eigenvalue weighted by atomic mass is 9.84. The van der Waals surface area contributed by atoms with Crippen molar-refractivity contribution in [1.82, 2.24) is 20.2 Å². The maximum atomic E-state index is 11.4. The molecule has 0 aliphatic carbocycles. The highest BCUT2D eigenvalue weighted by atomic mass is 16.4. The van der Waals surface area contributed by atoms with Crippen LogP contribution in [0.3, 0.4) is 0 Å². The summed E-state index contributed by atoms with van der Waals surface area (Å²) in [6.07, 6.45) is 3.60. The molecule has 2 aromatic rings. The quantitative estimate of drug-likeness (QED) is 0.899. The van der Waals surface area contributed by atoms with Gasteiger partial charge in [-0.05, 0) is 28.3 Å². The fourth-order valence-electron chi connectivity index (χ4n) is 2.10. The summed E-state index contributed by atoms with van der Waals surface area (Å²) in [5.74, 6) is -0.864. The fraction of sp³-hybridized carbons (Fsp3) is 0.538. The van der Waals surface area contributed by atoms with Crippen LogP contribution < -0.4 is 0 Å². The second-order valence-electron chi connectivity index (χ2n) is 6.00. The minimum atomic E-state index is -0.839. The molecule has 0 spiro atoms. The van der Waals surface area contributed by atoms with E-state index in [-0.39, 0.29) is 12.0 Å². The first-order valence-corrected chi connectivity index (χ1v) is 6.38. The van der Waals surface area contributed by atoms with E-state index in [4.69, 9.17) is 4.42 Å². The highest BCUT2D eigenvalue weighted by Gasteiger charge is 2.26. The van der Waals surface area contributed by atoms with Crippen LogP contribution in [0.15, 0.2) is 23.0 Å². The van der Waals surface area contributed by atoms with E-state index in [0.29, 0.717) is 12.2 Å². The molecule has 0 amide bonds. The Hall–Kier alpha value is -2.18. The monoisotopic (exact) mass is 278 g/mol. The predicted molar refractivity (Wildman–Crippen MR) is 70.7 cm³/mol. The van der Waals surface area contributed by atoms with Crippen LogP contribution in [0.1, 0.15) is 27.2 Å². The van der Waals surface area contributed by atoms with Crippen molar-refractivity contribution >= 4 is 5.97 Å². The molecule has 0 aliphatic rings. The lowest BCUT2D eigenvalue weighted by molar-refractivity contribution is -0.143. The van der Waals surface area contributed by atoms with Crippen molar-refractivity contribution in [2.75, 3.05) is 0 Å². The van der Waals surface area contributed by atoms with Gasteiger partial charge in [0.15, 0.2) is 5.82 Å². The first-order valence-electron chi connectivity index (χ1n) is 6.38. The van der Waals surface area contributed by atoms with Crippen LogP contribution in [0, 0.1) is 11.3 Å². The number of aliphatic carboxylic acids is 1. The minimum absolute atomic E-state index is 0.0765. The number of nitrogens with zero attached hydrogens (tertiary/aromatic N) is 4. The lowest BCUT2D eigenvalue weighted by Gasteiger charge is -2.23. The summed E-state index contributed by atoms with van der Waals surface area (Å²) in [5, 5.41) is 20.8. The molecule has 1 unspecified atom stereocenters. The zero-order valence-electron chi connectivity index (χ0n) is 11.8. The van der Waals surface area contributed by atoms with Crippen molar-refractivity contribution in [2.24, 2.45) is 11.3 Å². The molecule has 7 heteroatoms. The minimum Gasteiger partial charge on any atom is -0.481 e. The van der Waals surface area contributed by atoms with Crippen LogP contribution in [-0.4, -0.2) is 31.3 Å². The van der Waals surface area contributed by atoms with Crippen molar-refractivity contribution in [3.8, 4) is 11.4 Å². The number of hydrogen-bond acceptors (Lipinski definition) is 5. The van der Waals surface area contributed by atoms with Crippen LogP contribution in [0.5, 0.6) is 0 Å². The molecule has 108 valence electrons. The molecule has 2 heterocycles. The summed E-state index contributed by atoms with van der Waals surface area (Å²) in [7, 11) is 0. The maximum absolute atomic E-state index is 11.4. The first kappa shape index (κ1) is 14.2. The summed E-state index contributed by atoms with van der Waals surface area (Å²) in [4.78, 5) is 11.4. The molecule has 0 saturated carbocycles. The zero-order chi connectivity index (χ0) is 14.8. The summed E-state index contributed by atoms with van der Waals surface area (Å²) < 4.78 is 6.51. The maximum Gasteiger partial charge on any atom is 0.308 e. The smallest absolute Gasteiger partial charge is 0.308 e. The van der Waals surface area contributed by atoms with Gasteiger partial charge in [-0.15, -0.1) is 5.10 Å². The molecule has 0 saturated heterocycles. The SMILES string of the molecule is CC(C)(C)CC(Cn1nnnc1-c1ccoc1)C(=O)O. The van der Waals surface area contributed by atoms with Gasteiger partial charge in [0.25, 0.3) is 0 Å². The van der Waals surface area contributed by atoms with E-state index in [1.807, 2.05) is 20.8 Å². The third-order valence-corrected chi connectivity index (χ3v) is 2.91. The number of aromatic nitrogens is 4. The topological polar surface area (TPSA) is 94.0 Å². The Morgan fingerprint density at radius 3 is 2.80 bits per heavy atom. The number of carboxylic acid groups (broad SMARTS) is 1. The molecule has 0 radical (unpaired) electrons. The molecular formula is C13H18N4O3. The van der Waals surface area contributed by atoms with E-state index < -0.39 is 11.9 Å². The summed E-state index contributed by atoms with van der Waals surface area (Å²) in [5.41, 5.74) is 0.655. The van der Waals surface area contributed by atoms with Gasteiger partial charge in [-0.1, -0.05) is 20.8 Å². The summed E-state index contributed by atoms with van der Waals surface area (Å²) in [6.45, 7) is 6.28. The number of hydrogen-bond donors (Lipinski definition) is 1. The molecule has 20 heavy (non-hydrogen) atoms. The Balaban J connectivity index is 2.20. The molecule has 2 rings (SSSR count). The van der Waals surface area contributed by atoms with Crippen LogP contribution in [-0.2, 0) is 11.3 Å². The highest BCUT2D eigenvalue weighted by Crippen LogP contribution is 2.26. The van der Waals surface area contributed by atoms with Crippen molar-refractivity contribution in [3.05, 3.63) is 18.6 Å². The molecule has 0 aromatic carbocycles. The molecular weight excluding hydrogens is 260 g/mol. The van der Waals surface area contributed by atoms with Crippen LogP contribution in [0.2, 0.25) is 0 Å². The van der Waals surface area contributed by atoms with Crippen LogP contribution in [0.25, 0.3) is 11.4 Å². The Morgan fingerprint density at radius 2 is 2.25 bits per heavy atom. The van der Waals surface area contributed by atoms with E-state index >= 15 is 0 Å². The molecule has 1 atom stereocenters. The Labute approximate surface area is 116 Å². The second kappa shape index (κ2) is 5.44. The zero-order valence-corrected chi connectivity index (χ0v) is 11.8. The Morgan fingerprint density at radius 1 is 1.50 bits per heavy atom. The van der Waals surface area contributed by atoms with Gasteiger partial charge in [0.1, 0.15) is 6.26 Å². The van der Waals surface area contributed by atoms with Crippen LogP contribution in [0.4, 0.5) is 0 Å². The van der Waals surface area contributed by atoms with E-state index in [9.17, 15) is 9.90 Å². The number of rotatable bonds is 5. The molecule has 0 bridgehead atoms. The number of tetrazole rings is 1. The average Bonchev–Trinajstić information content (AvgIpc) is 2.94. The van der Waals surface area contributed by atoms with Crippen molar-refractivity contribution in [3.63, 3.8) is 0 Å². The first-order chi connectivity index (χ1) is 9.37. The van der Waals surface area contributed by atoms with E-state index in [2.05, 4.69) is 15.5 Å². The average molecular weight is 278 g/mol. The van der Waals surface area contributed by atoms with E-state index in [1.165, 1.54) is 17.2 Å². The van der Waals surface area contributed by atoms with Crippen LogP contribution >= 0.6 is 0 Å². The second-order valence-corrected chi connectivity index (χ2v) is 6.00. The number of carbonyl (C=O) groups is 1. The predicted octanol–water partition coefficient (Wildman–Crippen LogP) is 2.07. The van der Waals surface area contributed by atoms with Crippen molar-refractivity contribution < 1.29 is 14.3 Å². The van der Waals surface area contributed by atoms with E-state index in [0.717, 1.165) is 5.56 Å². The van der Waals surface area contributed by atoms with Gasteiger partial charge >= 0.3 is 5.97 Å². The largest absolute Gasteiger partial charge is 0.481 e. The molecule has 0 fully saturated rings. The van der Waals surface area contributed by atoms with Gasteiger partial charge in [0, 0.05) is 0 Å². The Bertz CT molecular complexity index is 569. The van der Waals surface area contributed by atoms with Crippen molar-refractivity contribution in [1.29, 1.82) is 0 Å². The Kier molecular flexibility index (Phi) is 3.87. The molecule has 0 aliphatic heterocycles. The fourth-order valence-corrected chi connectivity index (χ4v) is 2.10. The van der Waals surface area contributed by atoms with E-state index in [1.54, 1.807) is 6.07 Å². The normalized spacial score (nSPS) is 13.3. The van der Waals surface area contributed by atoms with Gasteiger partial charge in [-0.25, -0.2) is 4.68 Å². The third-order valence-electron chi connectivity index (χ3n) is 2.91. The van der Waals surface area contributed by atoms with Gasteiger partial charge in [0.05, 0.1) is 24.3 Å². The lowest BCUT2D eigenvalue weighted by Crippen LogP contribution is -2.26. The molecule has 2 aromatic heterocycles. The molecule has 1 N–H and O–H groups in total. The molecule has 7 nitrogen and oxygen atoms in total. The van der Waals surface area contributed by atoms with Gasteiger partial charge in [-0.3, -0.25) is 4.79 Å². The number of carboxylic acids is 1. The van der Waals surface area contributed by atoms with Gasteiger partial charge in [-0.2, -0.15) is 0 Å². The highest BCUT2D eigenvalue weighted by molar-refractivity contribution is 5.70. The standard InChI is InChI=1S/C13H18N4O3/c1-13(2,3)6-10(12(18)19)7-17-11(14-15-16-17)9-4-5-20-8-9/h4-5,8,10H,6-7H2,1-3H3,(H,18,19).